The molecule has 0 unspecified atom stereocenters. The van der Waals surface area contributed by atoms with Crippen molar-refractivity contribution in [3.8, 4) is 0 Å². The molecule has 0 radical (unpaired) electrons. The van der Waals surface area contributed by atoms with Crippen molar-refractivity contribution < 1.29 is 4.79 Å². The summed E-state index contributed by atoms with van der Waals surface area (Å²) in [7, 11) is 1.93. The summed E-state index contributed by atoms with van der Waals surface area (Å²) in [5, 5.41) is 11.9. The van der Waals surface area contributed by atoms with Crippen LogP contribution in [0.25, 0.3) is 0 Å². The molecule has 0 aromatic carbocycles. The second kappa shape index (κ2) is 6.56. The van der Waals surface area contributed by atoms with E-state index in [0.29, 0.717) is 12.8 Å². The lowest BCUT2D eigenvalue weighted by atomic mass is 10.1. The third-order valence-corrected chi connectivity index (χ3v) is 4.34. The predicted molar refractivity (Wildman–Crippen MR) is 91.7 cm³/mol. The van der Waals surface area contributed by atoms with Gasteiger partial charge in [-0.05, 0) is 53.5 Å². The maximum Gasteiger partial charge on any atom is 0.224 e. The molecule has 0 bridgehead atoms. The van der Waals surface area contributed by atoms with Crippen LogP contribution in [-0.2, 0) is 18.3 Å². The second-order valence-corrected chi connectivity index (χ2v) is 6.41. The Morgan fingerprint density at radius 1 is 1.09 bits per heavy atom. The van der Waals surface area contributed by atoms with Gasteiger partial charge in [0.1, 0.15) is 0 Å². The highest BCUT2D eigenvalue weighted by Crippen LogP contribution is 2.23. The van der Waals surface area contributed by atoms with Gasteiger partial charge < -0.3 is 5.32 Å². The number of rotatable bonds is 5. The van der Waals surface area contributed by atoms with Gasteiger partial charge in [-0.3, -0.25) is 14.2 Å². The zero-order chi connectivity index (χ0) is 17.3. The largest absolute Gasteiger partial charge is 0.323 e. The molecule has 2 aromatic heterocycles. The van der Waals surface area contributed by atoms with Gasteiger partial charge >= 0.3 is 0 Å². The molecular formula is C17H27N5O. The zero-order valence-electron chi connectivity index (χ0n) is 15.2. The van der Waals surface area contributed by atoms with Crippen molar-refractivity contribution in [3.05, 3.63) is 28.3 Å². The number of nitrogens with one attached hydrogen (secondary N) is 1. The maximum absolute atomic E-state index is 12.3. The first-order valence-corrected chi connectivity index (χ1v) is 8.07. The van der Waals surface area contributed by atoms with Gasteiger partial charge in [0.15, 0.2) is 0 Å². The molecule has 0 atom stereocenters. The van der Waals surface area contributed by atoms with Crippen LogP contribution >= 0.6 is 0 Å². The monoisotopic (exact) mass is 317 g/mol. The number of hydrogen-bond donors (Lipinski definition) is 1. The van der Waals surface area contributed by atoms with Crippen molar-refractivity contribution in [2.24, 2.45) is 7.05 Å². The minimum atomic E-state index is 0.0159. The van der Waals surface area contributed by atoms with E-state index in [1.165, 1.54) is 0 Å². The molecular weight excluding hydrogens is 290 g/mol. The first-order chi connectivity index (χ1) is 10.7. The van der Waals surface area contributed by atoms with Crippen molar-refractivity contribution >= 4 is 11.6 Å². The molecule has 0 aliphatic heterocycles. The van der Waals surface area contributed by atoms with E-state index in [0.717, 1.165) is 34.0 Å². The van der Waals surface area contributed by atoms with Crippen molar-refractivity contribution in [3.63, 3.8) is 0 Å². The van der Waals surface area contributed by atoms with Crippen LogP contribution in [0.1, 0.15) is 54.6 Å². The Hall–Kier alpha value is -2.11. The summed E-state index contributed by atoms with van der Waals surface area (Å²) in [6.07, 6.45) is 1.15. The van der Waals surface area contributed by atoms with Gasteiger partial charge in [-0.1, -0.05) is 0 Å². The minimum Gasteiger partial charge on any atom is -0.323 e. The Labute approximate surface area is 137 Å². The molecule has 0 aliphatic rings. The first-order valence-electron chi connectivity index (χ1n) is 8.07. The molecule has 0 fully saturated rings. The fraction of sp³-hybridized carbons (Fsp3) is 0.588. The fourth-order valence-corrected chi connectivity index (χ4v) is 2.97. The summed E-state index contributed by atoms with van der Waals surface area (Å²) in [5.41, 5.74) is 5.98. The Kier molecular flexibility index (Phi) is 4.92. The Morgan fingerprint density at radius 2 is 1.74 bits per heavy atom. The summed E-state index contributed by atoms with van der Waals surface area (Å²) in [6, 6.07) is 0.278. The number of carbonyl (C=O) groups excluding carboxylic acids is 1. The molecule has 6 nitrogen and oxygen atoms in total. The van der Waals surface area contributed by atoms with Crippen molar-refractivity contribution in [2.45, 2.75) is 60.4 Å². The molecule has 126 valence electrons. The maximum atomic E-state index is 12.3. The summed E-state index contributed by atoms with van der Waals surface area (Å²) in [5.74, 6) is 0.0159. The number of carbonyl (C=O) groups is 1. The summed E-state index contributed by atoms with van der Waals surface area (Å²) >= 11 is 0. The lowest BCUT2D eigenvalue weighted by Crippen LogP contribution is -2.14. The molecule has 0 spiro atoms. The van der Waals surface area contributed by atoms with Gasteiger partial charge in [0.05, 0.1) is 22.8 Å². The van der Waals surface area contributed by atoms with E-state index < -0.39 is 0 Å². The van der Waals surface area contributed by atoms with Crippen LogP contribution in [0.15, 0.2) is 0 Å². The fourth-order valence-electron chi connectivity index (χ4n) is 2.97. The number of nitrogens with zero attached hydrogens (tertiary/aromatic N) is 4. The molecule has 23 heavy (non-hydrogen) atoms. The van der Waals surface area contributed by atoms with Gasteiger partial charge in [0.25, 0.3) is 0 Å². The number of anilines is 1. The molecule has 1 amide bonds. The van der Waals surface area contributed by atoms with E-state index in [4.69, 9.17) is 0 Å². The van der Waals surface area contributed by atoms with E-state index in [1.807, 2.05) is 44.1 Å². The van der Waals surface area contributed by atoms with Crippen LogP contribution in [0.4, 0.5) is 5.69 Å². The summed E-state index contributed by atoms with van der Waals surface area (Å²) < 4.78 is 3.81. The quantitative estimate of drug-likeness (QED) is 0.922. The minimum absolute atomic E-state index is 0.0159. The molecule has 1 N–H and O–H groups in total. The molecule has 0 aliphatic carbocycles. The highest BCUT2D eigenvalue weighted by atomic mass is 16.1. The molecule has 6 heteroatoms. The summed E-state index contributed by atoms with van der Waals surface area (Å²) in [6.45, 7) is 12.1. The molecule has 0 saturated carbocycles. The zero-order valence-corrected chi connectivity index (χ0v) is 15.2. The van der Waals surface area contributed by atoms with Gasteiger partial charge in [-0.2, -0.15) is 10.2 Å². The second-order valence-electron chi connectivity index (χ2n) is 6.41. The molecule has 2 heterocycles. The van der Waals surface area contributed by atoms with E-state index in [2.05, 4.69) is 29.4 Å². The van der Waals surface area contributed by atoms with Crippen molar-refractivity contribution in [1.82, 2.24) is 19.6 Å². The average Bonchev–Trinajstić information content (AvgIpc) is 2.88. The SMILES string of the molecule is Cc1nn(C)c(C)c1CCC(=O)Nc1c(C)nn(C(C)C)c1C. The topological polar surface area (TPSA) is 64.7 Å². The molecule has 2 aromatic rings. The third kappa shape index (κ3) is 3.46. The van der Waals surface area contributed by atoms with Crippen LogP contribution < -0.4 is 5.32 Å². The van der Waals surface area contributed by atoms with Crippen LogP contribution in [0.5, 0.6) is 0 Å². The van der Waals surface area contributed by atoms with Crippen LogP contribution in [0.3, 0.4) is 0 Å². The Morgan fingerprint density at radius 3 is 2.22 bits per heavy atom. The van der Waals surface area contributed by atoms with Crippen LogP contribution in [0, 0.1) is 27.7 Å². The lowest BCUT2D eigenvalue weighted by molar-refractivity contribution is -0.116. The standard InChI is InChI=1S/C17H27N5O/c1-10(2)22-14(6)17(12(4)20-22)18-16(23)9-8-15-11(3)19-21(7)13(15)5/h10H,8-9H2,1-7H3,(H,18,23). The number of aryl methyl sites for hydroxylation is 3. The highest BCUT2D eigenvalue weighted by molar-refractivity contribution is 5.92. The van der Waals surface area contributed by atoms with Gasteiger partial charge in [0, 0.05) is 25.2 Å². The van der Waals surface area contributed by atoms with Crippen molar-refractivity contribution in [2.75, 3.05) is 5.32 Å². The van der Waals surface area contributed by atoms with Crippen molar-refractivity contribution in [1.29, 1.82) is 0 Å². The number of hydrogen-bond acceptors (Lipinski definition) is 3. The van der Waals surface area contributed by atoms with E-state index in [9.17, 15) is 4.79 Å². The average molecular weight is 317 g/mol. The van der Waals surface area contributed by atoms with E-state index >= 15 is 0 Å². The number of amides is 1. The lowest BCUT2D eigenvalue weighted by Gasteiger charge is -2.09. The normalized spacial score (nSPS) is 11.3. The highest BCUT2D eigenvalue weighted by Gasteiger charge is 2.16. The predicted octanol–water partition coefficient (Wildman–Crippen LogP) is 3.00. The Balaban J connectivity index is 2.06. The van der Waals surface area contributed by atoms with Crippen LogP contribution in [-0.4, -0.2) is 25.5 Å². The van der Waals surface area contributed by atoms with Gasteiger partial charge in [-0.25, -0.2) is 0 Å². The number of aromatic nitrogens is 4. The Bertz CT molecular complexity index is 724. The van der Waals surface area contributed by atoms with Gasteiger partial charge in [0.2, 0.25) is 5.91 Å². The van der Waals surface area contributed by atoms with Crippen LogP contribution in [0.2, 0.25) is 0 Å². The molecule has 0 saturated heterocycles. The third-order valence-electron chi connectivity index (χ3n) is 4.34. The van der Waals surface area contributed by atoms with E-state index in [1.54, 1.807) is 0 Å². The van der Waals surface area contributed by atoms with E-state index in [-0.39, 0.29) is 11.9 Å². The summed E-state index contributed by atoms with van der Waals surface area (Å²) in [4.78, 5) is 12.3. The van der Waals surface area contributed by atoms with Gasteiger partial charge in [-0.15, -0.1) is 0 Å². The molecule has 2 rings (SSSR count). The first kappa shape index (κ1) is 17.2. The smallest absolute Gasteiger partial charge is 0.224 e.